The molecule has 0 fully saturated rings. The lowest BCUT2D eigenvalue weighted by atomic mass is 10.1. The van der Waals surface area contributed by atoms with Crippen LogP contribution in [0.5, 0.6) is 0 Å². The average Bonchev–Trinajstić information content (AvgIpc) is 3.27. The summed E-state index contributed by atoms with van der Waals surface area (Å²) in [5, 5.41) is 0. The van der Waals surface area contributed by atoms with Crippen LogP contribution in [0.15, 0.2) is 12.4 Å². The summed E-state index contributed by atoms with van der Waals surface area (Å²) in [4.78, 5) is 0. The highest BCUT2D eigenvalue weighted by molar-refractivity contribution is 4.84. The van der Waals surface area contributed by atoms with Crippen LogP contribution in [0, 0.1) is 0 Å². The normalized spacial score (nSPS) is 11.5. The summed E-state index contributed by atoms with van der Waals surface area (Å²) >= 11 is 0. The van der Waals surface area contributed by atoms with E-state index in [4.69, 9.17) is 0 Å². The molecule has 0 aliphatic carbocycles. The SMILES string of the molecule is CCCCCCCCCCCCCn1cc[n+](CCCCCCCCCCC)c1CCCCCCC. The van der Waals surface area contributed by atoms with E-state index in [1.807, 2.05) is 0 Å². The van der Waals surface area contributed by atoms with Crippen molar-refractivity contribution >= 4 is 0 Å². The molecule has 0 aromatic carbocycles. The second-order valence-corrected chi connectivity index (χ2v) is 11.6. The maximum Gasteiger partial charge on any atom is 0.256 e. The van der Waals surface area contributed by atoms with Gasteiger partial charge in [-0.2, -0.15) is 0 Å². The Kier molecular flexibility index (Phi) is 23.9. The molecule has 1 rings (SSSR count). The Morgan fingerprint density at radius 1 is 0.472 bits per heavy atom. The highest BCUT2D eigenvalue weighted by Gasteiger charge is 2.16. The molecule has 1 heterocycles. The van der Waals surface area contributed by atoms with Gasteiger partial charge in [0.05, 0.1) is 13.1 Å². The number of aryl methyl sites for hydroxylation is 2. The Hall–Kier alpha value is -0.790. The average molecular weight is 504 g/mol. The number of hydrogen-bond donors (Lipinski definition) is 0. The summed E-state index contributed by atoms with van der Waals surface area (Å²) in [6, 6.07) is 0. The third-order valence-corrected chi connectivity index (χ3v) is 8.10. The van der Waals surface area contributed by atoms with E-state index in [0.29, 0.717) is 0 Å². The second kappa shape index (κ2) is 25.8. The minimum absolute atomic E-state index is 1.23. The van der Waals surface area contributed by atoms with E-state index >= 15 is 0 Å². The van der Waals surface area contributed by atoms with Gasteiger partial charge in [-0.15, -0.1) is 0 Å². The zero-order valence-corrected chi connectivity index (χ0v) is 25.3. The number of aromatic nitrogens is 2. The Morgan fingerprint density at radius 3 is 1.33 bits per heavy atom. The minimum Gasteiger partial charge on any atom is -0.234 e. The summed E-state index contributed by atoms with van der Waals surface area (Å²) < 4.78 is 5.22. The van der Waals surface area contributed by atoms with Crippen LogP contribution in [0.3, 0.4) is 0 Å². The lowest BCUT2D eigenvalue weighted by Gasteiger charge is -2.07. The van der Waals surface area contributed by atoms with Gasteiger partial charge in [0.25, 0.3) is 5.82 Å². The van der Waals surface area contributed by atoms with Crippen molar-refractivity contribution in [1.29, 1.82) is 0 Å². The smallest absolute Gasteiger partial charge is 0.234 e. The highest BCUT2D eigenvalue weighted by atomic mass is 15.1. The van der Waals surface area contributed by atoms with Crippen molar-refractivity contribution < 1.29 is 4.57 Å². The Balaban J connectivity index is 2.29. The molecule has 0 saturated heterocycles. The van der Waals surface area contributed by atoms with Gasteiger partial charge in [-0.25, -0.2) is 9.13 Å². The summed E-state index contributed by atoms with van der Waals surface area (Å²) in [5.41, 5.74) is 0. The molecule has 0 N–H and O–H groups in total. The van der Waals surface area contributed by atoms with Crippen LogP contribution in [0.1, 0.15) is 187 Å². The van der Waals surface area contributed by atoms with Crippen molar-refractivity contribution in [2.24, 2.45) is 0 Å². The molecule has 0 amide bonds. The summed E-state index contributed by atoms with van der Waals surface area (Å²) in [7, 11) is 0. The van der Waals surface area contributed by atoms with Gasteiger partial charge in [-0.05, 0) is 32.1 Å². The molecule has 0 spiro atoms. The summed E-state index contributed by atoms with van der Waals surface area (Å²) in [6.45, 7) is 9.39. The molecular formula is C34H67N2+. The van der Waals surface area contributed by atoms with Crippen LogP contribution in [-0.4, -0.2) is 4.57 Å². The number of rotatable bonds is 28. The third-order valence-electron chi connectivity index (χ3n) is 8.10. The molecule has 0 aliphatic rings. The topological polar surface area (TPSA) is 8.81 Å². The molecule has 0 aliphatic heterocycles. The predicted molar refractivity (Wildman–Crippen MR) is 161 cm³/mol. The molecule has 0 radical (unpaired) electrons. The maximum atomic E-state index is 2.61. The Bertz CT molecular complexity index is 562. The predicted octanol–water partition coefficient (Wildman–Crippen LogP) is 11.1. The van der Waals surface area contributed by atoms with Crippen LogP contribution in [-0.2, 0) is 19.5 Å². The van der Waals surface area contributed by atoms with E-state index in [1.54, 1.807) is 5.82 Å². The first-order valence-corrected chi connectivity index (χ1v) is 16.9. The standard InChI is InChI=1S/C34H67N2/c1-4-7-10-13-15-17-18-20-22-25-28-31-36-33-32-35(34(36)29-26-23-12-9-6-3)30-27-24-21-19-16-14-11-8-5-2/h32-33H,4-31H2,1-3H3/q+1. The van der Waals surface area contributed by atoms with Gasteiger partial charge in [0, 0.05) is 6.42 Å². The van der Waals surface area contributed by atoms with Crippen LogP contribution in [0.25, 0.3) is 0 Å². The van der Waals surface area contributed by atoms with Crippen LogP contribution < -0.4 is 4.57 Å². The van der Waals surface area contributed by atoms with Gasteiger partial charge in [0.1, 0.15) is 12.4 Å². The molecule has 2 nitrogen and oxygen atoms in total. The van der Waals surface area contributed by atoms with E-state index in [2.05, 4.69) is 42.3 Å². The molecule has 0 atom stereocenters. The second-order valence-electron chi connectivity index (χ2n) is 11.6. The van der Waals surface area contributed by atoms with Crippen molar-refractivity contribution in [3.05, 3.63) is 18.2 Å². The number of hydrogen-bond acceptors (Lipinski definition) is 0. The number of nitrogens with zero attached hydrogens (tertiary/aromatic N) is 2. The first kappa shape index (κ1) is 33.2. The Morgan fingerprint density at radius 2 is 0.861 bits per heavy atom. The van der Waals surface area contributed by atoms with Crippen LogP contribution >= 0.6 is 0 Å². The zero-order valence-electron chi connectivity index (χ0n) is 25.3. The molecule has 0 saturated carbocycles. The van der Waals surface area contributed by atoms with Gasteiger partial charge in [0.15, 0.2) is 0 Å². The van der Waals surface area contributed by atoms with Crippen molar-refractivity contribution in [1.82, 2.24) is 4.57 Å². The third kappa shape index (κ3) is 18.5. The van der Waals surface area contributed by atoms with Gasteiger partial charge < -0.3 is 0 Å². The molecule has 36 heavy (non-hydrogen) atoms. The van der Waals surface area contributed by atoms with E-state index in [-0.39, 0.29) is 0 Å². The number of imidazole rings is 1. The zero-order chi connectivity index (χ0) is 25.9. The minimum atomic E-state index is 1.23. The lowest BCUT2D eigenvalue weighted by molar-refractivity contribution is -0.704. The van der Waals surface area contributed by atoms with Crippen molar-refractivity contribution in [2.75, 3.05) is 0 Å². The summed E-state index contributed by atoms with van der Waals surface area (Å²) in [6.07, 6.45) is 41.4. The van der Waals surface area contributed by atoms with Crippen molar-refractivity contribution in [2.45, 2.75) is 201 Å². The van der Waals surface area contributed by atoms with E-state index in [9.17, 15) is 0 Å². The fourth-order valence-electron chi connectivity index (χ4n) is 5.62. The van der Waals surface area contributed by atoms with Crippen LogP contribution in [0.4, 0.5) is 0 Å². The van der Waals surface area contributed by atoms with Crippen molar-refractivity contribution in [3.8, 4) is 0 Å². The molecule has 0 unspecified atom stereocenters. The van der Waals surface area contributed by atoms with Gasteiger partial charge >= 0.3 is 0 Å². The molecule has 2 heteroatoms. The van der Waals surface area contributed by atoms with E-state index in [0.717, 1.165) is 0 Å². The maximum absolute atomic E-state index is 2.61. The quantitative estimate of drug-likeness (QED) is 0.0794. The highest BCUT2D eigenvalue weighted by Crippen LogP contribution is 2.14. The Labute approximate surface area is 228 Å². The molecular weight excluding hydrogens is 436 g/mol. The molecule has 0 bridgehead atoms. The molecule has 1 aromatic heterocycles. The molecule has 212 valence electrons. The van der Waals surface area contributed by atoms with Crippen molar-refractivity contribution in [3.63, 3.8) is 0 Å². The first-order chi connectivity index (χ1) is 17.8. The van der Waals surface area contributed by atoms with E-state index in [1.165, 1.54) is 180 Å². The summed E-state index contributed by atoms with van der Waals surface area (Å²) in [5.74, 6) is 1.61. The van der Waals surface area contributed by atoms with Gasteiger partial charge in [0.2, 0.25) is 0 Å². The fraction of sp³-hybridized carbons (Fsp3) is 0.912. The lowest BCUT2D eigenvalue weighted by Crippen LogP contribution is -2.37. The van der Waals surface area contributed by atoms with Gasteiger partial charge in [-0.1, -0.05) is 149 Å². The van der Waals surface area contributed by atoms with Crippen LogP contribution in [0.2, 0.25) is 0 Å². The first-order valence-electron chi connectivity index (χ1n) is 16.9. The monoisotopic (exact) mass is 504 g/mol. The van der Waals surface area contributed by atoms with E-state index < -0.39 is 0 Å². The fourth-order valence-corrected chi connectivity index (χ4v) is 5.62. The number of unbranched alkanes of at least 4 members (excludes halogenated alkanes) is 22. The molecule has 1 aromatic rings. The van der Waals surface area contributed by atoms with Gasteiger partial charge in [-0.3, -0.25) is 0 Å². The largest absolute Gasteiger partial charge is 0.256 e.